The van der Waals surface area contributed by atoms with E-state index in [2.05, 4.69) is 22.4 Å². The predicted molar refractivity (Wildman–Crippen MR) is 95.1 cm³/mol. The van der Waals surface area contributed by atoms with Crippen LogP contribution >= 0.6 is 0 Å². The lowest BCUT2D eigenvalue weighted by atomic mass is 10.1. The van der Waals surface area contributed by atoms with Gasteiger partial charge in [-0.15, -0.1) is 0 Å². The molecule has 4 heteroatoms. The van der Waals surface area contributed by atoms with Gasteiger partial charge in [0, 0.05) is 18.0 Å². The van der Waals surface area contributed by atoms with Crippen molar-refractivity contribution < 1.29 is 9.21 Å². The fraction of sp³-hybridized carbons (Fsp3) is 0.300. The number of hydrogen-bond acceptors (Lipinski definition) is 3. The fourth-order valence-electron chi connectivity index (χ4n) is 2.53. The number of aryl methyl sites for hydroxylation is 2. The molecule has 1 heterocycles. The van der Waals surface area contributed by atoms with Gasteiger partial charge in [0.15, 0.2) is 11.5 Å². The van der Waals surface area contributed by atoms with Gasteiger partial charge in [-0.1, -0.05) is 37.3 Å². The summed E-state index contributed by atoms with van der Waals surface area (Å²) in [4.78, 5) is 16.7. The first-order valence-corrected chi connectivity index (χ1v) is 8.40. The second kappa shape index (κ2) is 7.30. The highest BCUT2D eigenvalue weighted by atomic mass is 16.3. The van der Waals surface area contributed by atoms with Crippen molar-refractivity contribution >= 4 is 17.0 Å². The Labute approximate surface area is 141 Å². The van der Waals surface area contributed by atoms with Crippen LogP contribution in [0.5, 0.6) is 0 Å². The quantitative estimate of drug-likeness (QED) is 0.742. The van der Waals surface area contributed by atoms with Crippen LogP contribution in [-0.4, -0.2) is 16.9 Å². The SMILES string of the molecule is CC[C@@H](C)NC(=O)c1ccc2nc(CCc3ccccc3)oc2c1. The van der Waals surface area contributed by atoms with E-state index in [4.69, 9.17) is 4.42 Å². The minimum absolute atomic E-state index is 0.0755. The molecule has 24 heavy (non-hydrogen) atoms. The molecule has 3 aromatic rings. The molecule has 0 aliphatic rings. The number of benzene rings is 2. The number of rotatable bonds is 6. The van der Waals surface area contributed by atoms with E-state index in [1.807, 2.05) is 38.1 Å². The van der Waals surface area contributed by atoms with Crippen molar-refractivity contribution in [2.45, 2.75) is 39.2 Å². The number of aromatic nitrogens is 1. The lowest BCUT2D eigenvalue weighted by molar-refractivity contribution is 0.0939. The van der Waals surface area contributed by atoms with Crippen molar-refractivity contribution in [1.29, 1.82) is 0 Å². The zero-order valence-electron chi connectivity index (χ0n) is 14.1. The van der Waals surface area contributed by atoms with E-state index in [9.17, 15) is 4.79 Å². The minimum Gasteiger partial charge on any atom is -0.441 e. The van der Waals surface area contributed by atoms with E-state index in [1.54, 1.807) is 12.1 Å². The monoisotopic (exact) mass is 322 g/mol. The molecule has 0 saturated carbocycles. The third-order valence-electron chi connectivity index (χ3n) is 4.16. The summed E-state index contributed by atoms with van der Waals surface area (Å²) >= 11 is 0. The van der Waals surface area contributed by atoms with Crippen molar-refractivity contribution in [2.75, 3.05) is 0 Å². The van der Waals surface area contributed by atoms with Gasteiger partial charge in [0.2, 0.25) is 0 Å². The first-order valence-electron chi connectivity index (χ1n) is 8.40. The Morgan fingerprint density at radius 3 is 2.71 bits per heavy atom. The number of amides is 1. The lowest BCUT2D eigenvalue weighted by Crippen LogP contribution is -2.31. The summed E-state index contributed by atoms with van der Waals surface area (Å²) in [5.74, 6) is 0.627. The van der Waals surface area contributed by atoms with Crippen LogP contribution < -0.4 is 5.32 Å². The number of carbonyl (C=O) groups is 1. The summed E-state index contributed by atoms with van der Waals surface area (Å²) in [5.41, 5.74) is 3.31. The van der Waals surface area contributed by atoms with Crippen LogP contribution in [0.2, 0.25) is 0 Å². The maximum absolute atomic E-state index is 12.2. The molecule has 0 radical (unpaired) electrons. The molecule has 0 unspecified atom stereocenters. The van der Waals surface area contributed by atoms with E-state index >= 15 is 0 Å². The Morgan fingerprint density at radius 1 is 1.17 bits per heavy atom. The smallest absolute Gasteiger partial charge is 0.251 e. The summed E-state index contributed by atoms with van der Waals surface area (Å²) < 4.78 is 5.82. The Morgan fingerprint density at radius 2 is 1.96 bits per heavy atom. The molecule has 3 rings (SSSR count). The highest BCUT2D eigenvalue weighted by molar-refractivity contribution is 5.97. The first kappa shape index (κ1) is 16.2. The summed E-state index contributed by atoms with van der Waals surface area (Å²) in [6, 6.07) is 15.8. The zero-order chi connectivity index (χ0) is 16.9. The van der Waals surface area contributed by atoms with E-state index in [1.165, 1.54) is 5.56 Å². The molecule has 1 N–H and O–H groups in total. The average Bonchev–Trinajstić information content (AvgIpc) is 3.02. The number of carbonyl (C=O) groups excluding carboxylic acids is 1. The van der Waals surface area contributed by atoms with Crippen LogP contribution in [0.3, 0.4) is 0 Å². The normalized spacial score (nSPS) is 12.2. The topological polar surface area (TPSA) is 55.1 Å². The molecule has 0 aliphatic carbocycles. The predicted octanol–water partition coefficient (Wildman–Crippen LogP) is 4.14. The molecule has 0 saturated heterocycles. The van der Waals surface area contributed by atoms with Crippen LogP contribution in [0.4, 0.5) is 0 Å². The second-order valence-electron chi connectivity index (χ2n) is 6.06. The van der Waals surface area contributed by atoms with E-state index in [0.717, 1.165) is 24.8 Å². The summed E-state index contributed by atoms with van der Waals surface area (Å²) in [6.07, 6.45) is 2.53. The van der Waals surface area contributed by atoms with Crippen LogP contribution in [0.1, 0.15) is 42.1 Å². The number of fused-ring (bicyclic) bond motifs is 1. The van der Waals surface area contributed by atoms with Gasteiger partial charge in [-0.25, -0.2) is 4.98 Å². The van der Waals surface area contributed by atoms with Gasteiger partial charge in [-0.2, -0.15) is 0 Å². The third kappa shape index (κ3) is 3.82. The summed E-state index contributed by atoms with van der Waals surface area (Å²) in [7, 11) is 0. The Kier molecular flexibility index (Phi) is 4.94. The molecular weight excluding hydrogens is 300 g/mol. The Bertz CT molecular complexity index is 824. The van der Waals surface area contributed by atoms with Crippen LogP contribution in [0.25, 0.3) is 11.1 Å². The van der Waals surface area contributed by atoms with Crippen molar-refractivity contribution in [3.05, 3.63) is 65.5 Å². The van der Waals surface area contributed by atoms with Crippen molar-refractivity contribution in [2.24, 2.45) is 0 Å². The standard InChI is InChI=1S/C20H22N2O2/c1-3-14(2)21-20(23)16-10-11-17-18(13-16)24-19(22-17)12-9-15-7-5-4-6-8-15/h4-8,10-11,13-14H,3,9,12H2,1-2H3,(H,21,23)/t14-/m1/s1. The van der Waals surface area contributed by atoms with Crippen LogP contribution in [-0.2, 0) is 12.8 Å². The van der Waals surface area contributed by atoms with E-state index < -0.39 is 0 Å². The Hall–Kier alpha value is -2.62. The summed E-state index contributed by atoms with van der Waals surface area (Å²) in [5, 5.41) is 2.96. The average molecular weight is 322 g/mol. The van der Waals surface area contributed by atoms with Gasteiger partial charge in [-0.3, -0.25) is 4.79 Å². The van der Waals surface area contributed by atoms with Crippen LogP contribution in [0.15, 0.2) is 52.9 Å². The molecule has 1 aromatic heterocycles. The molecule has 2 aromatic carbocycles. The largest absolute Gasteiger partial charge is 0.441 e. The second-order valence-corrected chi connectivity index (χ2v) is 6.06. The van der Waals surface area contributed by atoms with E-state index in [0.29, 0.717) is 17.0 Å². The molecule has 0 aliphatic heterocycles. The van der Waals surface area contributed by atoms with Crippen LogP contribution in [0, 0.1) is 0 Å². The highest BCUT2D eigenvalue weighted by Crippen LogP contribution is 2.19. The number of hydrogen-bond donors (Lipinski definition) is 1. The Balaban J connectivity index is 1.73. The zero-order valence-corrected chi connectivity index (χ0v) is 14.1. The van der Waals surface area contributed by atoms with Gasteiger partial charge < -0.3 is 9.73 Å². The number of nitrogens with one attached hydrogen (secondary N) is 1. The third-order valence-corrected chi connectivity index (χ3v) is 4.16. The number of nitrogens with zero attached hydrogens (tertiary/aromatic N) is 1. The molecule has 124 valence electrons. The maximum Gasteiger partial charge on any atom is 0.251 e. The molecule has 1 amide bonds. The maximum atomic E-state index is 12.2. The van der Waals surface area contributed by atoms with Crippen molar-refractivity contribution in [3.8, 4) is 0 Å². The summed E-state index contributed by atoms with van der Waals surface area (Å²) in [6.45, 7) is 4.04. The molecule has 0 fully saturated rings. The minimum atomic E-state index is -0.0755. The molecule has 0 bridgehead atoms. The van der Waals surface area contributed by atoms with Crippen molar-refractivity contribution in [3.63, 3.8) is 0 Å². The molecule has 4 nitrogen and oxygen atoms in total. The van der Waals surface area contributed by atoms with Gasteiger partial charge >= 0.3 is 0 Å². The lowest BCUT2D eigenvalue weighted by Gasteiger charge is -2.10. The molecule has 1 atom stereocenters. The van der Waals surface area contributed by atoms with Gasteiger partial charge in [0.25, 0.3) is 5.91 Å². The van der Waals surface area contributed by atoms with Gasteiger partial charge in [0.05, 0.1) is 0 Å². The van der Waals surface area contributed by atoms with E-state index in [-0.39, 0.29) is 11.9 Å². The molecule has 0 spiro atoms. The highest BCUT2D eigenvalue weighted by Gasteiger charge is 2.12. The van der Waals surface area contributed by atoms with Gasteiger partial charge in [0.1, 0.15) is 5.52 Å². The first-order chi connectivity index (χ1) is 11.7. The van der Waals surface area contributed by atoms with Crippen molar-refractivity contribution in [1.82, 2.24) is 10.3 Å². The number of oxazole rings is 1. The molecular formula is C20H22N2O2. The van der Waals surface area contributed by atoms with Gasteiger partial charge in [-0.05, 0) is 43.5 Å². The fourth-order valence-corrected chi connectivity index (χ4v) is 2.53.